The SMILES string of the molecule is COCCN(C(=O)Nc1cccs1)C1CCS(=O)(=O)C1. The monoisotopic (exact) mass is 318 g/mol. The molecular weight excluding hydrogens is 300 g/mol. The van der Waals surface area contributed by atoms with Crippen molar-refractivity contribution in [3.8, 4) is 0 Å². The summed E-state index contributed by atoms with van der Waals surface area (Å²) in [6.45, 7) is 0.766. The van der Waals surface area contributed by atoms with Crippen LogP contribution < -0.4 is 5.32 Å². The first kappa shape index (κ1) is 15.3. The van der Waals surface area contributed by atoms with Gasteiger partial charge in [-0.05, 0) is 23.9 Å². The molecule has 0 bridgehead atoms. The van der Waals surface area contributed by atoms with Gasteiger partial charge in [0.15, 0.2) is 9.84 Å². The van der Waals surface area contributed by atoms with Crippen LogP contribution in [0.25, 0.3) is 0 Å². The van der Waals surface area contributed by atoms with Crippen LogP contribution in [0.2, 0.25) is 0 Å². The molecule has 2 rings (SSSR count). The van der Waals surface area contributed by atoms with Crippen molar-refractivity contribution in [1.29, 1.82) is 0 Å². The molecule has 112 valence electrons. The second-order valence-corrected chi connectivity index (χ2v) is 7.83. The van der Waals surface area contributed by atoms with Crippen LogP contribution in [0.3, 0.4) is 0 Å². The van der Waals surface area contributed by atoms with Crippen molar-refractivity contribution >= 4 is 32.2 Å². The van der Waals surface area contributed by atoms with Gasteiger partial charge in [-0.25, -0.2) is 13.2 Å². The number of nitrogens with zero attached hydrogens (tertiary/aromatic N) is 1. The van der Waals surface area contributed by atoms with Crippen LogP contribution in [0.5, 0.6) is 0 Å². The van der Waals surface area contributed by atoms with Crippen molar-refractivity contribution < 1.29 is 17.9 Å². The molecule has 8 heteroatoms. The molecule has 1 unspecified atom stereocenters. The maximum absolute atomic E-state index is 12.3. The third-order valence-corrected chi connectivity index (χ3v) is 5.73. The maximum atomic E-state index is 12.3. The van der Waals surface area contributed by atoms with Crippen molar-refractivity contribution in [2.45, 2.75) is 12.5 Å². The van der Waals surface area contributed by atoms with Crippen LogP contribution in [0.15, 0.2) is 17.5 Å². The third-order valence-electron chi connectivity index (χ3n) is 3.20. The van der Waals surface area contributed by atoms with Gasteiger partial charge in [0.1, 0.15) is 0 Å². The quantitative estimate of drug-likeness (QED) is 0.891. The molecule has 0 aromatic carbocycles. The molecule has 1 aromatic rings. The molecule has 2 amide bonds. The fourth-order valence-corrected chi connectivity index (χ4v) is 4.53. The Labute approximate surface area is 122 Å². The molecule has 1 fully saturated rings. The average molecular weight is 318 g/mol. The molecule has 1 aliphatic heterocycles. The summed E-state index contributed by atoms with van der Waals surface area (Å²) in [5, 5.41) is 5.41. The number of amides is 2. The van der Waals surface area contributed by atoms with Crippen LogP contribution in [0.4, 0.5) is 9.80 Å². The van der Waals surface area contributed by atoms with Crippen LogP contribution in [-0.4, -0.2) is 57.2 Å². The fourth-order valence-electron chi connectivity index (χ4n) is 2.19. The van der Waals surface area contributed by atoms with E-state index < -0.39 is 9.84 Å². The summed E-state index contributed by atoms with van der Waals surface area (Å²) >= 11 is 1.43. The van der Waals surface area contributed by atoms with Crippen LogP contribution in [-0.2, 0) is 14.6 Å². The number of anilines is 1. The Morgan fingerprint density at radius 3 is 2.95 bits per heavy atom. The molecule has 20 heavy (non-hydrogen) atoms. The van der Waals surface area contributed by atoms with E-state index in [0.717, 1.165) is 5.00 Å². The van der Waals surface area contributed by atoms with Crippen LogP contribution >= 0.6 is 11.3 Å². The number of sulfone groups is 1. The molecular formula is C12H18N2O4S2. The fraction of sp³-hybridized carbons (Fsp3) is 0.583. The highest BCUT2D eigenvalue weighted by atomic mass is 32.2. The normalized spacial score (nSPS) is 20.8. The second-order valence-electron chi connectivity index (χ2n) is 4.65. The standard InChI is InChI=1S/C12H18N2O4S2/c1-18-6-5-14(10-4-8-20(16,17)9-10)12(15)13-11-3-2-7-19-11/h2-3,7,10H,4-6,8-9H2,1H3,(H,13,15). The Hall–Kier alpha value is -1.12. The number of methoxy groups -OCH3 is 1. The summed E-state index contributed by atoms with van der Waals surface area (Å²) in [4.78, 5) is 13.8. The number of thiophene rings is 1. The van der Waals surface area contributed by atoms with E-state index in [1.54, 1.807) is 12.0 Å². The van der Waals surface area contributed by atoms with E-state index >= 15 is 0 Å². The minimum Gasteiger partial charge on any atom is -0.383 e. The number of carbonyl (C=O) groups excluding carboxylic acids is 1. The molecule has 1 aromatic heterocycles. The molecule has 1 atom stereocenters. The lowest BCUT2D eigenvalue weighted by Gasteiger charge is -2.27. The van der Waals surface area contributed by atoms with Gasteiger partial charge in [0.05, 0.1) is 23.1 Å². The Bertz CT molecular complexity index is 542. The van der Waals surface area contributed by atoms with E-state index in [-0.39, 0.29) is 23.6 Å². The highest BCUT2D eigenvalue weighted by Gasteiger charge is 2.34. The van der Waals surface area contributed by atoms with E-state index in [9.17, 15) is 13.2 Å². The first-order valence-corrected chi connectivity index (χ1v) is 9.02. The Kier molecular flexibility index (Phi) is 5.00. The lowest BCUT2D eigenvalue weighted by atomic mass is 10.2. The topological polar surface area (TPSA) is 75.7 Å². The van der Waals surface area contributed by atoms with Crippen molar-refractivity contribution in [2.24, 2.45) is 0 Å². The number of rotatable bonds is 5. The zero-order valence-electron chi connectivity index (χ0n) is 11.2. The average Bonchev–Trinajstić information content (AvgIpc) is 3.00. The zero-order chi connectivity index (χ0) is 14.6. The minimum atomic E-state index is -3.02. The molecule has 6 nitrogen and oxygen atoms in total. The van der Waals surface area contributed by atoms with E-state index in [1.165, 1.54) is 11.3 Å². The number of nitrogens with one attached hydrogen (secondary N) is 1. The molecule has 2 heterocycles. The smallest absolute Gasteiger partial charge is 0.322 e. The Morgan fingerprint density at radius 2 is 2.40 bits per heavy atom. The summed E-state index contributed by atoms with van der Waals surface area (Å²) < 4.78 is 28.1. The van der Waals surface area contributed by atoms with Gasteiger partial charge in [-0.15, -0.1) is 11.3 Å². The number of hydrogen-bond acceptors (Lipinski definition) is 5. The van der Waals surface area contributed by atoms with Gasteiger partial charge in [0, 0.05) is 19.7 Å². The Balaban J connectivity index is 2.04. The molecule has 1 aliphatic rings. The highest BCUT2D eigenvalue weighted by molar-refractivity contribution is 7.91. The number of hydrogen-bond donors (Lipinski definition) is 1. The van der Waals surface area contributed by atoms with Crippen molar-refractivity contribution in [2.75, 3.05) is 37.1 Å². The van der Waals surface area contributed by atoms with E-state index in [0.29, 0.717) is 19.6 Å². The van der Waals surface area contributed by atoms with Crippen molar-refractivity contribution in [3.63, 3.8) is 0 Å². The van der Waals surface area contributed by atoms with Gasteiger partial charge in [0.25, 0.3) is 0 Å². The predicted octanol–water partition coefficient (Wildman–Crippen LogP) is 1.42. The third kappa shape index (κ3) is 3.94. The molecule has 0 radical (unpaired) electrons. The van der Waals surface area contributed by atoms with Crippen LogP contribution in [0.1, 0.15) is 6.42 Å². The van der Waals surface area contributed by atoms with Crippen LogP contribution in [0, 0.1) is 0 Å². The van der Waals surface area contributed by atoms with Gasteiger partial charge < -0.3 is 9.64 Å². The van der Waals surface area contributed by atoms with E-state index in [2.05, 4.69) is 5.32 Å². The molecule has 1 N–H and O–H groups in total. The first-order chi connectivity index (χ1) is 9.52. The zero-order valence-corrected chi connectivity index (χ0v) is 12.9. The minimum absolute atomic E-state index is 0.0363. The molecule has 0 aliphatic carbocycles. The van der Waals surface area contributed by atoms with Gasteiger partial charge in [-0.3, -0.25) is 5.32 Å². The first-order valence-electron chi connectivity index (χ1n) is 6.32. The predicted molar refractivity (Wildman–Crippen MR) is 79.0 cm³/mol. The Morgan fingerprint density at radius 1 is 1.60 bits per heavy atom. The largest absolute Gasteiger partial charge is 0.383 e. The number of carbonyl (C=O) groups is 1. The lowest BCUT2D eigenvalue weighted by molar-refractivity contribution is 0.140. The van der Waals surface area contributed by atoms with Crippen molar-refractivity contribution in [3.05, 3.63) is 17.5 Å². The second kappa shape index (κ2) is 6.55. The van der Waals surface area contributed by atoms with E-state index in [1.807, 2.05) is 17.5 Å². The summed E-state index contributed by atoms with van der Waals surface area (Å²) in [6, 6.07) is 3.11. The van der Waals surface area contributed by atoms with Gasteiger partial charge in [-0.2, -0.15) is 0 Å². The lowest BCUT2D eigenvalue weighted by Crippen LogP contribution is -2.45. The highest BCUT2D eigenvalue weighted by Crippen LogP contribution is 2.20. The summed E-state index contributed by atoms with van der Waals surface area (Å²) in [5.74, 6) is 0.183. The summed E-state index contributed by atoms with van der Waals surface area (Å²) in [6.07, 6.45) is 0.490. The molecule has 0 spiro atoms. The van der Waals surface area contributed by atoms with Gasteiger partial charge in [-0.1, -0.05) is 0 Å². The number of urea groups is 1. The molecule has 1 saturated heterocycles. The van der Waals surface area contributed by atoms with Crippen molar-refractivity contribution in [1.82, 2.24) is 4.90 Å². The summed E-state index contributed by atoms with van der Waals surface area (Å²) in [7, 11) is -1.46. The molecule has 0 saturated carbocycles. The maximum Gasteiger partial charge on any atom is 0.322 e. The van der Waals surface area contributed by atoms with E-state index in [4.69, 9.17) is 4.74 Å². The van der Waals surface area contributed by atoms with Gasteiger partial charge >= 0.3 is 6.03 Å². The van der Waals surface area contributed by atoms with Gasteiger partial charge in [0.2, 0.25) is 0 Å². The number of ether oxygens (including phenoxy) is 1. The summed E-state index contributed by atoms with van der Waals surface area (Å²) in [5.41, 5.74) is 0.